The molecular formula is C24H31N3O3. The summed E-state index contributed by atoms with van der Waals surface area (Å²) < 4.78 is 5.79. The molecule has 2 atom stereocenters. The van der Waals surface area contributed by atoms with Crippen LogP contribution in [0, 0.1) is 0 Å². The number of para-hydroxylation sites is 1. The first-order valence-electron chi connectivity index (χ1n) is 10.5. The maximum Gasteiger partial charge on any atom is 0.255 e. The minimum absolute atomic E-state index is 0.0197. The van der Waals surface area contributed by atoms with Gasteiger partial charge in [-0.1, -0.05) is 24.3 Å². The van der Waals surface area contributed by atoms with E-state index in [1.54, 1.807) is 24.3 Å². The second kappa shape index (κ2) is 9.87. The molecule has 1 aliphatic rings. The second-order valence-corrected chi connectivity index (χ2v) is 8.28. The van der Waals surface area contributed by atoms with E-state index in [2.05, 4.69) is 29.4 Å². The van der Waals surface area contributed by atoms with Crippen molar-refractivity contribution in [3.63, 3.8) is 0 Å². The normalized spacial score (nSPS) is 19.5. The van der Waals surface area contributed by atoms with Crippen molar-refractivity contribution in [1.29, 1.82) is 0 Å². The molecule has 2 unspecified atom stereocenters. The summed E-state index contributed by atoms with van der Waals surface area (Å²) in [5.41, 5.74) is 2.67. The summed E-state index contributed by atoms with van der Waals surface area (Å²) in [4.78, 5) is 27.5. The van der Waals surface area contributed by atoms with Crippen LogP contribution >= 0.6 is 0 Å². The average molecular weight is 410 g/mol. The van der Waals surface area contributed by atoms with Crippen molar-refractivity contribution < 1.29 is 14.3 Å². The highest BCUT2D eigenvalue weighted by atomic mass is 16.5. The van der Waals surface area contributed by atoms with E-state index in [1.165, 1.54) is 0 Å². The SMILES string of the molecule is CC(C)NC(=O)c1ccccc1NC(=O)c1ccc(CN2CC(C)OC(C)C2)cc1. The van der Waals surface area contributed by atoms with Crippen LogP contribution in [0.2, 0.25) is 0 Å². The molecule has 1 heterocycles. The molecule has 0 aliphatic carbocycles. The molecule has 160 valence electrons. The van der Waals surface area contributed by atoms with Crippen molar-refractivity contribution in [2.45, 2.75) is 52.5 Å². The number of morpholine rings is 1. The summed E-state index contributed by atoms with van der Waals surface area (Å²) >= 11 is 0. The van der Waals surface area contributed by atoms with E-state index in [-0.39, 0.29) is 30.1 Å². The standard InChI is InChI=1S/C24H31N3O3/c1-16(2)25-24(29)21-7-5-6-8-22(21)26-23(28)20-11-9-19(10-12-20)15-27-13-17(3)30-18(4)14-27/h5-12,16-18H,13-15H2,1-4H3,(H,25,29)(H,26,28). The number of carbonyl (C=O) groups excluding carboxylic acids is 2. The maximum absolute atomic E-state index is 12.7. The van der Waals surface area contributed by atoms with E-state index < -0.39 is 0 Å². The lowest BCUT2D eigenvalue weighted by Crippen LogP contribution is -2.44. The van der Waals surface area contributed by atoms with Crippen LogP contribution < -0.4 is 10.6 Å². The number of carbonyl (C=O) groups is 2. The Bertz CT molecular complexity index is 870. The Labute approximate surface area is 178 Å². The number of rotatable bonds is 6. The lowest BCUT2D eigenvalue weighted by Gasteiger charge is -2.35. The number of nitrogens with zero attached hydrogens (tertiary/aromatic N) is 1. The van der Waals surface area contributed by atoms with Gasteiger partial charge in [-0.2, -0.15) is 0 Å². The molecule has 1 saturated heterocycles. The number of benzene rings is 2. The summed E-state index contributed by atoms with van der Waals surface area (Å²) in [5.74, 6) is -0.440. The van der Waals surface area contributed by atoms with Crippen molar-refractivity contribution in [2.24, 2.45) is 0 Å². The Morgan fingerprint density at radius 3 is 2.27 bits per heavy atom. The fraction of sp³-hybridized carbons (Fsp3) is 0.417. The molecule has 1 aliphatic heterocycles. The van der Waals surface area contributed by atoms with Gasteiger partial charge in [0.2, 0.25) is 0 Å². The molecule has 2 amide bonds. The van der Waals surface area contributed by atoms with Crippen molar-refractivity contribution in [3.8, 4) is 0 Å². The molecular weight excluding hydrogens is 378 g/mol. The zero-order chi connectivity index (χ0) is 21.7. The quantitative estimate of drug-likeness (QED) is 0.763. The topological polar surface area (TPSA) is 70.7 Å². The molecule has 0 bridgehead atoms. The fourth-order valence-corrected chi connectivity index (χ4v) is 3.76. The summed E-state index contributed by atoms with van der Waals surface area (Å²) in [5, 5.41) is 5.73. The predicted molar refractivity (Wildman–Crippen MR) is 119 cm³/mol. The molecule has 2 N–H and O–H groups in total. The van der Waals surface area contributed by atoms with Gasteiger partial charge in [-0.25, -0.2) is 0 Å². The highest BCUT2D eigenvalue weighted by Crippen LogP contribution is 2.18. The van der Waals surface area contributed by atoms with Crippen molar-refractivity contribution in [3.05, 3.63) is 65.2 Å². The number of hydrogen-bond donors (Lipinski definition) is 2. The zero-order valence-electron chi connectivity index (χ0n) is 18.1. The molecule has 2 aromatic carbocycles. The van der Waals surface area contributed by atoms with Gasteiger partial charge >= 0.3 is 0 Å². The lowest BCUT2D eigenvalue weighted by atomic mass is 10.1. The first-order chi connectivity index (χ1) is 14.3. The van der Waals surface area contributed by atoms with Crippen LogP contribution in [0.4, 0.5) is 5.69 Å². The van der Waals surface area contributed by atoms with Crippen LogP contribution in [-0.2, 0) is 11.3 Å². The van der Waals surface area contributed by atoms with Crippen LogP contribution in [0.5, 0.6) is 0 Å². The van der Waals surface area contributed by atoms with Crippen molar-refractivity contribution in [1.82, 2.24) is 10.2 Å². The van der Waals surface area contributed by atoms with Gasteiger partial charge in [-0.05, 0) is 57.5 Å². The van der Waals surface area contributed by atoms with E-state index >= 15 is 0 Å². The minimum atomic E-state index is -0.236. The Balaban J connectivity index is 1.65. The molecule has 0 spiro atoms. The van der Waals surface area contributed by atoms with Gasteiger partial charge in [-0.3, -0.25) is 14.5 Å². The molecule has 0 aromatic heterocycles. The van der Waals surface area contributed by atoms with E-state index in [9.17, 15) is 9.59 Å². The summed E-state index contributed by atoms with van der Waals surface area (Å²) in [6.45, 7) is 10.6. The number of amides is 2. The minimum Gasteiger partial charge on any atom is -0.373 e. The number of nitrogens with one attached hydrogen (secondary N) is 2. The van der Waals surface area contributed by atoms with Gasteiger partial charge in [0.1, 0.15) is 0 Å². The predicted octanol–water partition coefficient (Wildman–Crippen LogP) is 3.69. The fourth-order valence-electron chi connectivity index (χ4n) is 3.76. The van der Waals surface area contributed by atoms with Gasteiger partial charge in [0.05, 0.1) is 23.5 Å². The third-order valence-electron chi connectivity index (χ3n) is 4.96. The number of anilines is 1. The lowest BCUT2D eigenvalue weighted by molar-refractivity contribution is -0.0704. The van der Waals surface area contributed by atoms with E-state index in [0.717, 1.165) is 25.2 Å². The molecule has 0 radical (unpaired) electrons. The van der Waals surface area contributed by atoms with Crippen molar-refractivity contribution >= 4 is 17.5 Å². The molecule has 2 aromatic rings. The zero-order valence-corrected chi connectivity index (χ0v) is 18.1. The summed E-state index contributed by atoms with van der Waals surface area (Å²) in [6, 6.07) is 14.7. The van der Waals surface area contributed by atoms with Crippen LogP contribution in [0.15, 0.2) is 48.5 Å². The van der Waals surface area contributed by atoms with Gasteiger partial charge in [0, 0.05) is 31.2 Å². The Kier molecular flexibility index (Phi) is 7.24. The summed E-state index contributed by atoms with van der Waals surface area (Å²) in [7, 11) is 0. The molecule has 6 nitrogen and oxygen atoms in total. The number of hydrogen-bond acceptors (Lipinski definition) is 4. The largest absolute Gasteiger partial charge is 0.373 e. The number of ether oxygens (including phenoxy) is 1. The van der Waals surface area contributed by atoms with Crippen LogP contribution in [0.25, 0.3) is 0 Å². The third kappa shape index (κ3) is 5.90. The molecule has 1 fully saturated rings. The smallest absolute Gasteiger partial charge is 0.255 e. The first kappa shape index (κ1) is 22.0. The van der Waals surface area contributed by atoms with E-state index in [4.69, 9.17) is 4.74 Å². The average Bonchev–Trinajstić information content (AvgIpc) is 2.67. The Morgan fingerprint density at radius 2 is 1.63 bits per heavy atom. The summed E-state index contributed by atoms with van der Waals surface area (Å²) in [6.07, 6.45) is 0.457. The third-order valence-corrected chi connectivity index (χ3v) is 4.96. The molecule has 30 heavy (non-hydrogen) atoms. The Hall–Kier alpha value is -2.70. The molecule has 6 heteroatoms. The van der Waals surface area contributed by atoms with Crippen LogP contribution in [0.1, 0.15) is 54.0 Å². The monoisotopic (exact) mass is 409 g/mol. The van der Waals surface area contributed by atoms with Gasteiger partial charge in [-0.15, -0.1) is 0 Å². The maximum atomic E-state index is 12.7. The molecule has 0 saturated carbocycles. The highest BCUT2D eigenvalue weighted by Gasteiger charge is 2.22. The first-order valence-corrected chi connectivity index (χ1v) is 10.5. The van der Waals surface area contributed by atoms with Gasteiger partial charge < -0.3 is 15.4 Å². The van der Waals surface area contributed by atoms with Crippen LogP contribution in [0.3, 0.4) is 0 Å². The molecule has 3 rings (SSSR count). The second-order valence-electron chi connectivity index (χ2n) is 8.28. The van der Waals surface area contributed by atoms with E-state index in [0.29, 0.717) is 16.8 Å². The van der Waals surface area contributed by atoms with Gasteiger partial charge in [0.15, 0.2) is 0 Å². The highest BCUT2D eigenvalue weighted by molar-refractivity contribution is 6.09. The van der Waals surface area contributed by atoms with E-state index in [1.807, 2.05) is 38.1 Å². The van der Waals surface area contributed by atoms with Crippen LogP contribution in [-0.4, -0.2) is 48.1 Å². The Morgan fingerprint density at radius 1 is 1.00 bits per heavy atom. The van der Waals surface area contributed by atoms with Gasteiger partial charge in [0.25, 0.3) is 11.8 Å². The van der Waals surface area contributed by atoms with Crippen molar-refractivity contribution in [2.75, 3.05) is 18.4 Å².